The van der Waals surface area contributed by atoms with Crippen LogP contribution in [0.1, 0.15) is 51.3 Å². The van der Waals surface area contributed by atoms with Gasteiger partial charge in [0.2, 0.25) is 0 Å². The quantitative estimate of drug-likeness (QED) is 0.123. The van der Waals surface area contributed by atoms with E-state index in [2.05, 4.69) is 0 Å². The van der Waals surface area contributed by atoms with Gasteiger partial charge in [-0.1, -0.05) is 145 Å². The molecular formula is C49H48Cl2N6O6S3. The lowest BCUT2D eigenvalue weighted by Crippen LogP contribution is -2.21. The molecule has 7 rings (SSSR count). The molecule has 0 radical (unpaired) electrons. The van der Waals surface area contributed by atoms with Crippen LogP contribution in [0.15, 0.2) is 137 Å². The largest absolute Gasteiger partial charge is 0.504 e. The number of nitrogens with two attached hydrogens (primary N) is 1. The molecule has 4 aromatic carbocycles. The lowest BCUT2D eigenvalue weighted by molar-refractivity contribution is 0.0822. The number of carbonyl (C=O) groups is 3. The number of carbonyl (C=O) groups excluding carboxylic acids is 3. The fourth-order valence-electron chi connectivity index (χ4n) is 5.94. The monoisotopic (exact) mass is 982 g/mol. The summed E-state index contributed by atoms with van der Waals surface area (Å²) in [5.74, 6) is 0.122. The Kier molecular flexibility index (Phi) is 18.1. The van der Waals surface area contributed by atoms with Crippen LogP contribution >= 0.6 is 57.2 Å². The van der Waals surface area contributed by atoms with Crippen molar-refractivity contribution in [3.63, 3.8) is 0 Å². The lowest BCUT2D eigenvalue weighted by Gasteiger charge is -2.11. The van der Waals surface area contributed by atoms with E-state index in [1.165, 1.54) is 44.5 Å². The molecule has 7 aromatic rings. The number of thiophene rings is 3. The van der Waals surface area contributed by atoms with Gasteiger partial charge in [0.25, 0.3) is 17.7 Å². The minimum atomic E-state index is -0.305. The first-order valence-electron chi connectivity index (χ1n) is 19.9. The third-order valence-electron chi connectivity index (χ3n) is 9.25. The number of hydrogen-bond acceptors (Lipinski definition) is 12. The number of aromatic hydroxyl groups is 1. The Labute approximate surface area is 406 Å². The third-order valence-corrected chi connectivity index (χ3v) is 12.9. The number of amides is 3. The van der Waals surface area contributed by atoms with Gasteiger partial charge in [0.1, 0.15) is 40.4 Å². The van der Waals surface area contributed by atoms with Crippen LogP contribution in [-0.4, -0.2) is 105 Å². The van der Waals surface area contributed by atoms with Crippen molar-refractivity contribution in [2.75, 3.05) is 62.2 Å². The average molecular weight is 984 g/mol. The van der Waals surface area contributed by atoms with E-state index in [0.29, 0.717) is 37.0 Å². The molecule has 3 aromatic heterocycles. The second kappa shape index (κ2) is 23.6. The Morgan fingerprint density at radius 2 is 0.909 bits per heavy atom. The van der Waals surface area contributed by atoms with Gasteiger partial charge in [-0.05, 0) is 0 Å². The molecule has 17 heteroatoms. The van der Waals surface area contributed by atoms with Gasteiger partial charge in [-0.25, -0.2) is 9.98 Å². The van der Waals surface area contributed by atoms with E-state index in [1.807, 2.05) is 127 Å². The first kappa shape index (κ1) is 50.5. The molecule has 0 saturated carbocycles. The number of benzene rings is 4. The van der Waals surface area contributed by atoms with Crippen LogP contribution < -0.4 is 15.2 Å². The zero-order valence-corrected chi connectivity index (χ0v) is 41.4. The molecule has 3 N–H and O–H groups in total. The van der Waals surface area contributed by atoms with E-state index < -0.39 is 0 Å². The summed E-state index contributed by atoms with van der Waals surface area (Å²) in [4.78, 5) is 51.5. The second-order valence-corrected chi connectivity index (χ2v) is 18.6. The van der Waals surface area contributed by atoms with Crippen molar-refractivity contribution in [1.82, 2.24) is 14.7 Å². The number of halogens is 2. The molecule has 0 spiro atoms. The van der Waals surface area contributed by atoms with Gasteiger partial charge in [0.15, 0.2) is 17.2 Å². The highest BCUT2D eigenvalue weighted by Crippen LogP contribution is 2.46. The molecule has 0 aliphatic heterocycles. The van der Waals surface area contributed by atoms with Crippen molar-refractivity contribution in [2.24, 2.45) is 9.98 Å². The smallest absolute Gasteiger partial charge is 0.267 e. The average Bonchev–Trinajstić information content (AvgIpc) is 3.98. The van der Waals surface area contributed by atoms with E-state index in [-0.39, 0.29) is 38.4 Å². The van der Waals surface area contributed by atoms with Crippen LogP contribution in [0.25, 0.3) is 0 Å². The van der Waals surface area contributed by atoms with Gasteiger partial charge >= 0.3 is 0 Å². The molecule has 0 unspecified atom stereocenters. The number of hydrogen-bond donors (Lipinski definition) is 2. The number of ether oxygens (including phenoxy) is 2. The van der Waals surface area contributed by atoms with Gasteiger partial charge in [-0.3, -0.25) is 14.4 Å². The van der Waals surface area contributed by atoms with Gasteiger partial charge in [0, 0.05) is 69.9 Å². The number of aliphatic imine (C=N–C) groups is 2. The predicted octanol–water partition coefficient (Wildman–Crippen LogP) is 11.3. The van der Waals surface area contributed by atoms with Crippen LogP contribution in [0.2, 0.25) is 8.67 Å². The topological polar surface area (TPSA) is 150 Å². The van der Waals surface area contributed by atoms with Crippen LogP contribution in [0.4, 0.5) is 17.1 Å². The number of anilines is 1. The van der Waals surface area contributed by atoms with E-state index in [4.69, 9.17) is 48.4 Å². The summed E-state index contributed by atoms with van der Waals surface area (Å²) in [5, 5.41) is 11.3. The highest BCUT2D eigenvalue weighted by atomic mass is 35.5. The third kappa shape index (κ3) is 12.2. The van der Waals surface area contributed by atoms with Gasteiger partial charge < -0.3 is 35.0 Å². The molecule has 3 amide bonds. The number of methoxy groups -OCH3 is 2. The maximum atomic E-state index is 12.5. The summed E-state index contributed by atoms with van der Waals surface area (Å²) in [6.45, 7) is 0. The fourth-order valence-corrected chi connectivity index (χ4v) is 9.40. The molecular weight excluding hydrogens is 936 g/mol. The predicted molar refractivity (Wildman–Crippen MR) is 273 cm³/mol. The number of nitrogen functional groups attached to an aromatic ring is 1. The maximum absolute atomic E-state index is 12.5. The van der Waals surface area contributed by atoms with Crippen LogP contribution in [0.5, 0.6) is 17.2 Å². The van der Waals surface area contributed by atoms with Crippen molar-refractivity contribution in [3.8, 4) is 17.2 Å². The van der Waals surface area contributed by atoms with Crippen LogP contribution in [0.3, 0.4) is 0 Å². The Morgan fingerprint density at radius 1 is 0.545 bits per heavy atom. The fraction of sp³-hybridized carbons (Fsp3) is 0.163. The highest BCUT2D eigenvalue weighted by molar-refractivity contribution is 7.19. The number of nitrogens with zero attached hydrogens (tertiary/aromatic N) is 5. The Bertz CT molecular complexity index is 2730. The van der Waals surface area contributed by atoms with Crippen molar-refractivity contribution in [3.05, 3.63) is 172 Å². The van der Waals surface area contributed by atoms with Crippen molar-refractivity contribution >= 4 is 103 Å². The second-order valence-electron chi connectivity index (χ2n) is 14.5. The minimum absolute atomic E-state index is 0.0665. The lowest BCUT2D eigenvalue weighted by atomic mass is 10.0. The van der Waals surface area contributed by atoms with Crippen LogP contribution in [0, 0.1) is 0 Å². The molecule has 342 valence electrons. The van der Waals surface area contributed by atoms with Crippen molar-refractivity contribution in [1.29, 1.82) is 0 Å². The summed E-state index contributed by atoms with van der Waals surface area (Å²) in [7, 11) is 13.1. The van der Waals surface area contributed by atoms with E-state index in [9.17, 15) is 19.5 Å². The molecule has 0 fully saturated rings. The highest BCUT2D eigenvalue weighted by Gasteiger charge is 2.26. The Balaban J connectivity index is 0.000000197. The molecule has 0 saturated heterocycles. The molecule has 3 heterocycles. The van der Waals surface area contributed by atoms with Gasteiger partial charge in [-0.2, -0.15) is 0 Å². The zero-order valence-electron chi connectivity index (χ0n) is 37.4. The van der Waals surface area contributed by atoms with E-state index in [1.54, 1.807) is 49.4 Å². The summed E-state index contributed by atoms with van der Waals surface area (Å²) >= 11 is 15.6. The summed E-state index contributed by atoms with van der Waals surface area (Å²) in [5.41, 5.74) is 12.1. The number of rotatable bonds is 11. The Hall–Kier alpha value is -6.49. The molecule has 0 aliphatic carbocycles. The van der Waals surface area contributed by atoms with E-state index in [0.717, 1.165) is 45.0 Å². The minimum Gasteiger partial charge on any atom is -0.504 e. The maximum Gasteiger partial charge on any atom is 0.267 e. The zero-order chi connectivity index (χ0) is 48.1. The molecule has 0 atom stereocenters. The van der Waals surface area contributed by atoms with Gasteiger partial charge in [0.05, 0.1) is 25.6 Å². The molecule has 0 bridgehead atoms. The SMILES string of the molecule is CN(C)C(=O)c1sc(Cl)c(N)c1O.COc1c(C(=O)N(C)C)sc(Cl)c1N=C(c1ccccc1)c1ccccc1.COc1c(N=C(c2ccccc2)c2ccccc2)csc1C(=O)N(C)C. The first-order valence-corrected chi connectivity index (χ1v) is 23.2. The molecule has 12 nitrogen and oxygen atoms in total. The van der Waals surface area contributed by atoms with E-state index >= 15 is 0 Å². The van der Waals surface area contributed by atoms with Crippen LogP contribution in [-0.2, 0) is 0 Å². The Morgan fingerprint density at radius 3 is 1.27 bits per heavy atom. The first-order chi connectivity index (χ1) is 31.6. The standard InChI is InChI=1S/C21H19ClN2O2S.C21H20N2O2S.C7H9ClN2O2S/c1-24(2)21(25)19-18(26-3)17(20(22)27-19)23-16(14-10-6-4-7-11-14)15-12-8-5-9-13-15;1-23(2)21(24)20-19(25-3)17(14-26-20)22-18(15-10-6-4-7-11-15)16-12-8-5-9-13-16;1-10(2)7(12)5-4(11)3(9)6(8)13-5/h4-13H,1-3H3;4-14H,1-3H3;11H,9H2,1-2H3. The molecule has 66 heavy (non-hydrogen) atoms. The summed E-state index contributed by atoms with van der Waals surface area (Å²) < 4.78 is 11.7. The summed E-state index contributed by atoms with van der Waals surface area (Å²) in [6.07, 6.45) is 0. The molecule has 0 aliphatic rings. The summed E-state index contributed by atoms with van der Waals surface area (Å²) in [6, 6.07) is 39.7. The van der Waals surface area contributed by atoms with Gasteiger partial charge in [-0.15, -0.1) is 34.0 Å². The van der Waals surface area contributed by atoms with Crippen molar-refractivity contribution in [2.45, 2.75) is 0 Å². The van der Waals surface area contributed by atoms with Crippen molar-refractivity contribution < 1.29 is 29.0 Å². The normalized spacial score (nSPS) is 10.3.